The summed E-state index contributed by atoms with van der Waals surface area (Å²) in [5, 5.41) is 10.0. The Balaban J connectivity index is 1.17. The van der Waals surface area contributed by atoms with Gasteiger partial charge in [-0.3, -0.25) is 9.69 Å². The van der Waals surface area contributed by atoms with Gasteiger partial charge in [0.2, 0.25) is 5.96 Å². The van der Waals surface area contributed by atoms with Gasteiger partial charge in [-0.1, -0.05) is 19.3 Å². The molecule has 9 nitrogen and oxygen atoms in total. The Morgan fingerprint density at radius 3 is 2.60 bits per heavy atom. The first kappa shape index (κ1) is 22.4. The molecule has 186 valence electrons. The highest BCUT2D eigenvalue weighted by atomic mass is 16.2. The number of fused-ring (bicyclic) bond motifs is 4. The zero-order valence-electron chi connectivity index (χ0n) is 20.8. The number of aliphatic imine (C=N–C) groups is 1. The van der Waals surface area contributed by atoms with Gasteiger partial charge in [0.15, 0.2) is 0 Å². The van der Waals surface area contributed by atoms with Crippen molar-refractivity contribution in [1.82, 2.24) is 19.8 Å². The lowest BCUT2D eigenvalue weighted by atomic mass is 9.80. The third kappa shape index (κ3) is 4.05. The van der Waals surface area contributed by atoms with Crippen LogP contribution in [0.5, 0.6) is 0 Å². The van der Waals surface area contributed by atoms with Crippen LogP contribution in [0.1, 0.15) is 62.0 Å². The van der Waals surface area contributed by atoms with Crippen molar-refractivity contribution in [3.63, 3.8) is 0 Å². The van der Waals surface area contributed by atoms with E-state index < -0.39 is 0 Å². The van der Waals surface area contributed by atoms with Gasteiger partial charge >= 0.3 is 0 Å². The van der Waals surface area contributed by atoms with Gasteiger partial charge in [-0.05, 0) is 44.9 Å². The number of carbonyl (C=O) groups is 1. The number of nitrogens with one attached hydrogen (secondary N) is 3. The molecule has 0 aromatic carbocycles. The normalized spacial score (nSPS) is 21.7. The molecule has 2 aromatic rings. The molecule has 5 heterocycles. The number of rotatable bonds is 3. The molecule has 1 saturated carbocycles. The average molecular weight is 477 g/mol. The Morgan fingerprint density at radius 2 is 1.89 bits per heavy atom. The van der Waals surface area contributed by atoms with Crippen molar-refractivity contribution >= 4 is 29.2 Å². The van der Waals surface area contributed by atoms with Gasteiger partial charge in [0.25, 0.3) is 5.91 Å². The summed E-state index contributed by atoms with van der Waals surface area (Å²) in [6, 6.07) is 6.77. The second-order valence-corrected chi connectivity index (χ2v) is 10.6. The van der Waals surface area contributed by atoms with E-state index in [9.17, 15) is 4.79 Å². The first-order valence-corrected chi connectivity index (χ1v) is 13.1. The van der Waals surface area contributed by atoms with Crippen molar-refractivity contribution in [2.45, 2.75) is 64.1 Å². The molecule has 3 aliphatic heterocycles. The number of amides is 1. The number of anilines is 3. The summed E-state index contributed by atoms with van der Waals surface area (Å²) in [6.45, 7) is 9.99. The van der Waals surface area contributed by atoms with Crippen LogP contribution in [0.2, 0.25) is 0 Å². The van der Waals surface area contributed by atoms with Gasteiger partial charge < -0.3 is 25.4 Å². The number of hydrogen-bond donors (Lipinski definition) is 3. The van der Waals surface area contributed by atoms with Crippen molar-refractivity contribution in [1.29, 1.82) is 0 Å². The van der Waals surface area contributed by atoms with Gasteiger partial charge in [-0.25, -0.2) is 9.98 Å². The predicted molar refractivity (Wildman–Crippen MR) is 139 cm³/mol. The van der Waals surface area contributed by atoms with E-state index in [0.29, 0.717) is 25.1 Å². The molecule has 35 heavy (non-hydrogen) atoms. The Hall–Kier alpha value is -3.07. The summed E-state index contributed by atoms with van der Waals surface area (Å²) in [7, 11) is 0. The Bertz CT molecular complexity index is 1120. The number of aromatic nitrogens is 2. The fourth-order valence-corrected chi connectivity index (χ4v) is 6.15. The van der Waals surface area contributed by atoms with E-state index in [2.05, 4.69) is 55.2 Å². The minimum Gasteiger partial charge on any atom is -0.368 e. The van der Waals surface area contributed by atoms with Crippen LogP contribution in [0.15, 0.2) is 29.4 Å². The fraction of sp³-hybridized carbons (Fsp3) is 0.577. The standard InChI is InChI=1S/C26H36N8O/c1-18(2)32-10-12-33(13-11-32)20-6-7-22(27-16-20)30-25-28-15-19-14-21-24(35)29-17-26(8-4-3-5-9-26)34(21)23(19)31-25/h6-7,14,16,18H,3-5,8-13,15,17H2,1-2H3,(H,29,35)(H2,27,28,30,31). The van der Waals surface area contributed by atoms with Gasteiger partial charge in [-0.15, -0.1) is 0 Å². The van der Waals surface area contributed by atoms with E-state index in [4.69, 9.17) is 4.99 Å². The van der Waals surface area contributed by atoms with E-state index in [1.807, 2.05) is 18.3 Å². The molecular weight excluding hydrogens is 440 g/mol. The number of piperazine rings is 1. The lowest BCUT2D eigenvalue weighted by molar-refractivity contribution is 0.0831. The van der Waals surface area contributed by atoms with Crippen LogP contribution in [-0.2, 0) is 12.1 Å². The zero-order chi connectivity index (χ0) is 24.0. The SMILES string of the molecule is CC(C)N1CCN(c2ccc(NC3=NCc4cc5n(c4N3)C3(CCCCC3)CNC5=O)nc2)CC1. The van der Waals surface area contributed by atoms with E-state index in [1.165, 1.54) is 19.3 Å². The Kier molecular flexibility index (Phi) is 5.67. The molecule has 1 amide bonds. The molecule has 0 atom stereocenters. The highest BCUT2D eigenvalue weighted by Gasteiger charge is 2.43. The second-order valence-electron chi connectivity index (χ2n) is 10.6. The third-order valence-electron chi connectivity index (χ3n) is 8.20. The number of carbonyl (C=O) groups excluding carboxylic acids is 1. The number of guanidine groups is 1. The van der Waals surface area contributed by atoms with Gasteiger partial charge in [-0.2, -0.15) is 0 Å². The predicted octanol–water partition coefficient (Wildman–Crippen LogP) is 3.21. The van der Waals surface area contributed by atoms with Crippen LogP contribution in [0.25, 0.3) is 0 Å². The molecule has 0 radical (unpaired) electrons. The van der Waals surface area contributed by atoms with Crippen molar-refractivity contribution in [3.8, 4) is 0 Å². The summed E-state index contributed by atoms with van der Waals surface area (Å²) in [4.78, 5) is 27.0. The van der Waals surface area contributed by atoms with Gasteiger partial charge in [0.05, 0.1) is 24.0 Å². The molecule has 2 aromatic heterocycles. The summed E-state index contributed by atoms with van der Waals surface area (Å²) in [5.74, 6) is 2.47. The highest BCUT2D eigenvalue weighted by molar-refractivity contribution is 6.05. The van der Waals surface area contributed by atoms with Crippen LogP contribution in [0.3, 0.4) is 0 Å². The smallest absolute Gasteiger partial charge is 0.268 e. The fourth-order valence-electron chi connectivity index (χ4n) is 6.15. The van der Waals surface area contributed by atoms with Crippen LogP contribution in [0, 0.1) is 0 Å². The molecular formula is C26H36N8O. The van der Waals surface area contributed by atoms with E-state index in [1.54, 1.807) is 0 Å². The average Bonchev–Trinajstić information content (AvgIpc) is 3.28. The second kappa shape index (κ2) is 8.86. The lowest BCUT2D eigenvalue weighted by Gasteiger charge is -2.44. The van der Waals surface area contributed by atoms with Crippen molar-refractivity contribution in [3.05, 3.63) is 35.7 Å². The zero-order valence-corrected chi connectivity index (χ0v) is 20.8. The van der Waals surface area contributed by atoms with Gasteiger partial charge in [0, 0.05) is 44.3 Å². The quantitative estimate of drug-likeness (QED) is 0.630. The molecule has 2 fully saturated rings. The van der Waals surface area contributed by atoms with E-state index in [0.717, 1.165) is 67.6 Å². The minimum absolute atomic E-state index is 0.0124. The monoisotopic (exact) mass is 476 g/mol. The first-order chi connectivity index (χ1) is 17.0. The van der Waals surface area contributed by atoms with Crippen molar-refractivity contribution < 1.29 is 4.79 Å². The Morgan fingerprint density at radius 1 is 1.09 bits per heavy atom. The highest BCUT2D eigenvalue weighted by Crippen LogP contribution is 2.42. The number of hydrogen-bond acceptors (Lipinski definition) is 7. The lowest BCUT2D eigenvalue weighted by Crippen LogP contribution is -2.53. The van der Waals surface area contributed by atoms with Crippen LogP contribution < -0.4 is 20.9 Å². The van der Waals surface area contributed by atoms with Crippen LogP contribution in [0.4, 0.5) is 17.3 Å². The molecule has 1 aliphatic carbocycles. The Labute approximate surface area is 207 Å². The molecule has 1 spiro atoms. The minimum atomic E-state index is -0.0377. The number of pyridine rings is 1. The van der Waals surface area contributed by atoms with Crippen molar-refractivity contribution in [2.24, 2.45) is 4.99 Å². The molecule has 0 bridgehead atoms. The van der Waals surface area contributed by atoms with Gasteiger partial charge in [0.1, 0.15) is 17.3 Å². The van der Waals surface area contributed by atoms with Crippen molar-refractivity contribution in [2.75, 3.05) is 48.3 Å². The molecule has 1 saturated heterocycles. The van der Waals surface area contributed by atoms with E-state index in [-0.39, 0.29) is 11.4 Å². The summed E-state index contributed by atoms with van der Waals surface area (Å²) in [5.41, 5.74) is 2.96. The maximum atomic E-state index is 12.7. The number of nitrogens with zero attached hydrogens (tertiary/aromatic N) is 5. The molecule has 6 rings (SSSR count). The molecule has 3 N–H and O–H groups in total. The summed E-state index contributed by atoms with van der Waals surface area (Å²) >= 11 is 0. The maximum absolute atomic E-state index is 12.7. The molecule has 9 heteroatoms. The maximum Gasteiger partial charge on any atom is 0.268 e. The summed E-state index contributed by atoms with van der Waals surface area (Å²) in [6.07, 6.45) is 7.80. The largest absolute Gasteiger partial charge is 0.368 e. The van der Waals surface area contributed by atoms with E-state index >= 15 is 0 Å². The summed E-state index contributed by atoms with van der Waals surface area (Å²) < 4.78 is 2.28. The third-order valence-corrected chi connectivity index (χ3v) is 8.20. The van der Waals surface area contributed by atoms with Crippen LogP contribution >= 0.6 is 0 Å². The molecule has 4 aliphatic rings. The molecule has 0 unspecified atom stereocenters. The first-order valence-electron chi connectivity index (χ1n) is 13.1. The van der Waals surface area contributed by atoms with Crippen LogP contribution in [-0.4, -0.2) is 65.1 Å². The topological polar surface area (TPSA) is 89.8 Å².